The second kappa shape index (κ2) is 16.1. The van der Waals surface area contributed by atoms with Gasteiger partial charge in [-0.1, -0.05) is 131 Å². The van der Waals surface area contributed by atoms with Crippen molar-refractivity contribution in [2.24, 2.45) is 5.92 Å². The normalized spacial score (nSPS) is 12.1. The van der Waals surface area contributed by atoms with Crippen molar-refractivity contribution >= 4 is 44.8 Å². The summed E-state index contributed by atoms with van der Waals surface area (Å²) in [5.41, 5.74) is 9.55. The number of hydrogen-bond acceptors (Lipinski definition) is 3. The summed E-state index contributed by atoms with van der Waals surface area (Å²) in [6.07, 6.45) is 4.04. The van der Waals surface area contributed by atoms with Gasteiger partial charge in [0.15, 0.2) is 0 Å². The molecule has 5 heteroatoms. The SMILES string of the molecule is CC(C)C(C)c1ccnc(-c2[c-]ccc3c2sc2c(-c4ccccc4)cccc23)c1.CC(C)c1cc(-c2[c-]cccc2)ncc1[Si](C)(C)C.[Ir]. The first-order chi connectivity index (χ1) is 23.5. The summed E-state index contributed by atoms with van der Waals surface area (Å²) in [6, 6.07) is 42.9. The van der Waals surface area contributed by atoms with Gasteiger partial charge in [-0.3, -0.25) is 0 Å². The fraction of sp³-hybridized carbons (Fsp3) is 0.244. The van der Waals surface area contributed by atoms with Crippen LogP contribution in [0.15, 0.2) is 116 Å². The molecule has 0 aliphatic carbocycles. The predicted molar refractivity (Wildman–Crippen MR) is 216 cm³/mol. The van der Waals surface area contributed by atoms with Crippen molar-refractivity contribution in [1.29, 1.82) is 0 Å². The molecule has 0 saturated carbocycles. The number of rotatable bonds is 7. The minimum atomic E-state index is -1.34. The first-order valence-corrected chi connectivity index (χ1v) is 21.7. The summed E-state index contributed by atoms with van der Waals surface area (Å²) in [5, 5.41) is 4.06. The van der Waals surface area contributed by atoms with Gasteiger partial charge in [-0.2, -0.15) is 11.3 Å². The molecule has 1 atom stereocenters. The van der Waals surface area contributed by atoms with E-state index in [1.54, 1.807) is 0 Å². The van der Waals surface area contributed by atoms with Gasteiger partial charge in [0.2, 0.25) is 0 Å². The zero-order valence-corrected chi connectivity index (χ0v) is 34.5. The Kier molecular flexibility index (Phi) is 12.1. The minimum absolute atomic E-state index is 0. The van der Waals surface area contributed by atoms with Gasteiger partial charge in [0.25, 0.3) is 0 Å². The Hall–Kier alpha value is -3.73. The van der Waals surface area contributed by atoms with E-state index in [0.717, 1.165) is 22.5 Å². The molecule has 4 aromatic carbocycles. The van der Waals surface area contributed by atoms with Gasteiger partial charge in [0.05, 0.1) is 8.07 Å². The third-order valence-corrected chi connectivity index (χ3v) is 12.8. The van der Waals surface area contributed by atoms with E-state index in [4.69, 9.17) is 4.98 Å². The Bertz CT molecular complexity index is 2180. The molecule has 257 valence electrons. The van der Waals surface area contributed by atoms with Gasteiger partial charge >= 0.3 is 0 Å². The van der Waals surface area contributed by atoms with Gasteiger partial charge in [-0.15, -0.1) is 59.7 Å². The average Bonchev–Trinajstić information content (AvgIpc) is 3.51. The second-order valence-electron chi connectivity index (χ2n) is 14.6. The molecule has 0 aliphatic rings. The quantitative estimate of drug-likeness (QED) is 0.118. The summed E-state index contributed by atoms with van der Waals surface area (Å²) in [6.45, 7) is 18.5. The van der Waals surface area contributed by atoms with E-state index in [2.05, 4.69) is 156 Å². The van der Waals surface area contributed by atoms with E-state index in [1.165, 1.54) is 47.6 Å². The van der Waals surface area contributed by atoms with E-state index in [-0.39, 0.29) is 20.1 Å². The summed E-state index contributed by atoms with van der Waals surface area (Å²) >= 11 is 1.85. The van der Waals surface area contributed by atoms with Crippen molar-refractivity contribution < 1.29 is 20.1 Å². The van der Waals surface area contributed by atoms with Crippen molar-refractivity contribution in [1.82, 2.24) is 9.97 Å². The van der Waals surface area contributed by atoms with Crippen LogP contribution in [0.1, 0.15) is 57.6 Å². The minimum Gasteiger partial charge on any atom is -0.305 e. The largest absolute Gasteiger partial charge is 0.305 e. The predicted octanol–water partition coefficient (Wildman–Crippen LogP) is 12.6. The molecular weight excluding hydrogens is 821 g/mol. The van der Waals surface area contributed by atoms with Crippen LogP contribution in [0.3, 0.4) is 0 Å². The molecule has 3 heterocycles. The molecule has 1 radical (unpaired) electrons. The molecule has 0 aliphatic heterocycles. The third-order valence-electron chi connectivity index (χ3n) is 9.46. The zero-order chi connectivity index (χ0) is 34.7. The maximum Gasteiger partial charge on any atom is 0.0799 e. The molecule has 0 spiro atoms. The van der Waals surface area contributed by atoms with Crippen molar-refractivity contribution in [2.75, 3.05) is 0 Å². The van der Waals surface area contributed by atoms with Crippen molar-refractivity contribution in [3.8, 4) is 33.6 Å². The van der Waals surface area contributed by atoms with Crippen molar-refractivity contribution in [3.05, 3.63) is 139 Å². The second-order valence-corrected chi connectivity index (χ2v) is 20.6. The van der Waals surface area contributed by atoms with Gasteiger partial charge in [0, 0.05) is 37.2 Å². The number of benzene rings is 4. The van der Waals surface area contributed by atoms with Gasteiger partial charge in [0.1, 0.15) is 0 Å². The number of thiophene rings is 1. The topological polar surface area (TPSA) is 25.8 Å². The molecule has 7 aromatic rings. The summed E-state index contributed by atoms with van der Waals surface area (Å²) < 4.78 is 2.59. The molecule has 0 amide bonds. The van der Waals surface area contributed by atoms with Crippen LogP contribution in [-0.4, -0.2) is 18.0 Å². The van der Waals surface area contributed by atoms with E-state index in [9.17, 15) is 0 Å². The van der Waals surface area contributed by atoms with Crippen LogP contribution >= 0.6 is 11.3 Å². The molecule has 50 heavy (non-hydrogen) atoms. The number of nitrogens with zero attached hydrogens (tertiary/aromatic N) is 2. The van der Waals surface area contributed by atoms with Crippen LogP contribution in [0.2, 0.25) is 19.6 Å². The van der Waals surface area contributed by atoms with Crippen molar-refractivity contribution in [3.63, 3.8) is 0 Å². The molecule has 0 fully saturated rings. The Morgan fingerprint density at radius 1 is 0.680 bits per heavy atom. The van der Waals surface area contributed by atoms with Gasteiger partial charge in [-0.25, -0.2) is 0 Å². The van der Waals surface area contributed by atoms with Crippen LogP contribution in [0.5, 0.6) is 0 Å². The summed E-state index contributed by atoms with van der Waals surface area (Å²) in [4.78, 5) is 9.39. The Morgan fingerprint density at radius 2 is 1.42 bits per heavy atom. The number of pyridine rings is 2. The van der Waals surface area contributed by atoms with Crippen LogP contribution in [-0.2, 0) is 20.1 Å². The average molecular weight is 867 g/mol. The van der Waals surface area contributed by atoms with E-state index in [1.807, 2.05) is 41.8 Å². The van der Waals surface area contributed by atoms with Crippen LogP contribution in [0.25, 0.3) is 53.8 Å². The van der Waals surface area contributed by atoms with Crippen molar-refractivity contribution in [2.45, 2.75) is 66.1 Å². The number of fused-ring (bicyclic) bond motifs is 3. The van der Waals surface area contributed by atoms with E-state index < -0.39 is 8.07 Å². The molecule has 0 bridgehead atoms. The van der Waals surface area contributed by atoms with Gasteiger partial charge < -0.3 is 9.97 Å². The zero-order valence-electron chi connectivity index (χ0n) is 30.3. The number of hydrogen-bond donors (Lipinski definition) is 0. The Labute approximate surface area is 317 Å². The third kappa shape index (κ3) is 8.08. The van der Waals surface area contributed by atoms with Crippen LogP contribution < -0.4 is 5.19 Å². The van der Waals surface area contributed by atoms with Crippen LogP contribution in [0.4, 0.5) is 0 Å². The first kappa shape index (κ1) is 37.5. The fourth-order valence-electron chi connectivity index (χ4n) is 6.33. The molecule has 0 saturated heterocycles. The van der Waals surface area contributed by atoms with Gasteiger partial charge in [-0.05, 0) is 61.6 Å². The smallest absolute Gasteiger partial charge is 0.0799 e. The summed E-state index contributed by atoms with van der Waals surface area (Å²) in [7, 11) is -1.34. The first-order valence-electron chi connectivity index (χ1n) is 17.4. The maximum absolute atomic E-state index is 4.73. The van der Waals surface area contributed by atoms with Crippen LogP contribution in [0, 0.1) is 18.1 Å². The Balaban J connectivity index is 0.000000211. The molecule has 1 unspecified atom stereocenters. The molecule has 7 rings (SSSR count). The Morgan fingerprint density at radius 3 is 2.10 bits per heavy atom. The molecule has 2 nitrogen and oxygen atoms in total. The monoisotopic (exact) mass is 867 g/mol. The van der Waals surface area contributed by atoms with E-state index >= 15 is 0 Å². The molecular formula is C45H46IrN2SSi-2. The maximum atomic E-state index is 4.73. The fourth-order valence-corrected chi connectivity index (χ4v) is 9.35. The standard InChI is InChI=1S/C28H24NS.C17H22NSi.Ir/c1-18(2)19(3)21-15-16-29-26(17-21)25-14-8-13-24-23-12-7-11-22(27(23)30-28(24)25)20-9-5-4-6-10-20;1-13(2)15-11-16(14-9-7-6-8-10-14)18-12-17(15)19(3,4)5;/h4-13,15-19H,1-3H3;6-9,11-13H,1-5H3;/q2*-1;. The molecule has 3 aromatic heterocycles. The summed E-state index contributed by atoms with van der Waals surface area (Å²) in [5.74, 6) is 1.63. The van der Waals surface area contributed by atoms with E-state index in [0.29, 0.717) is 17.8 Å². The molecule has 0 N–H and O–H groups in total. The number of aromatic nitrogens is 2.